The third-order valence-corrected chi connectivity index (χ3v) is 1.03. The quantitative estimate of drug-likeness (QED) is 0.767. The highest BCUT2D eigenvalue weighted by molar-refractivity contribution is 5.76. The summed E-state index contributed by atoms with van der Waals surface area (Å²) in [6.07, 6.45) is -6.02. The molecular formula is C7H11F5O3. The second-order valence-electron chi connectivity index (χ2n) is 2.16. The van der Waals surface area contributed by atoms with Crippen molar-refractivity contribution in [1.29, 1.82) is 0 Å². The van der Waals surface area contributed by atoms with Crippen LogP contribution in [0.5, 0.6) is 0 Å². The average molecular weight is 238 g/mol. The Bertz CT molecular complexity index is 188. The van der Waals surface area contributed by atoms with Crippen molar-refractivity contribution < 1.29 is 36.6 Å². The summed E-state index contributed by atoms with van der Waals surface area (Å²) in [4.78, 5) is 9.20. The first-order valence-electron chi connectivity index (χ1n) is 3.86. The second kappa shape index (κ2) is 6.54. The minimum absolute atomic E-state index is 0.844. The van der Waals surface area contributed by atoms with Crippen molar-refractivity contribution in [2.45, 2.75) is 25.9 Å². The highest BCUT2D eigenvalue weighted by Crippen LogP contribution is 2.35. The lowest BCUT2D eigenvalue weighted by Crippen LogP contribution is -2.43. The van der Waals surface area contributed by atoms with Gasteiger partial charge in [0, 0.05) is 13.2 Å². The Labute approximate surface area is 82.8 Å². The number of carboxylic acids is 1. The van der Waals surface area contributed by atoms with Gasteiger partial charge in [0.1, 0.15) is 0 Å². The van der Waals surface area contributed by atoms with E-state index in [4.69, 9.17) is 9.84 Å². The molecule has 0 radical (unpaired) electrons. The summed E-state index contributed by atoms with van der Waals surface area (Å²) in [7, 11) is 0. The van der Waals surface area contributed by atoms with Gasteiger partial charge in [-0.1, -0.05) is 0 Å². The molecule has 0 heterocycles. The van der Waals surface area contributed by atoms with E-state index in [0.29, 0.717) is 0 Å². The van der Waals surface area contributed by atoms with E-state index in [1.807, 2.05) is 13.8 Å². The van der Waals surface area contributed by atoms with Gasteiger partial charge in [0.2, 0.25) is 0 Å². The Hall–Kier alpha value is -0.920. The molecule has 92 valence electrons. The molecule has 15 heavy (non-hydrogen) atoms. The minimum atomic E-state index is -6.02. The van der Waals surface area contributed by atoms with Crippen molar-refractivity contribution in [1.82, 2.24) is 0 Å². The average Bonchev–Trinajstić information content (AvgIpc) is 2.04. The molecule has 0 aromatic heterocycles. The second-order valence-corrected chi connectivity index (χ2v) is 2.16. The van der Waals surface area contributed by atoms with Crippen LogP contribution in [0.15, 0.2) is 0 Å². The van der Waals surface area contributed by atoms with Gasteiger partial charge in [0.15, 0.2) is 0 Å². The van der Waals surface area contributed by atoms with Gasteiger partial charge in [-0.2, -0.15) is 22.0 Å². The molecule has 0 unspecified atom stereocenters. The van der Waals surface area contributed by atoms with E-state index in [1.54, 1.807) is 0 Å². The fourth-order valence-corrected chi connectivity index (χ4v) is 0.325. The number of halogens is 5. The number of aliphatic carboxylic acids is 1. The summed E-state index contributed by atoms with van der Waals surface area (Å²) < 4.78 is 60.4. The Morgan fingerprint density at radius 3 is 1.47 bits per heavy atom. The lowest BCUT2D eigenvalue weighted by atomic mass is 10.3. The summed E-state index contributed by atoms with van der Waals surface area (Å²) in [5, 5.41) is 7.31. The lowest BCUT2D eigenvalue weighted by Gasteiger charge is -2.13. The molecular weight excluding hydrogens is 227 g/mol. The summed E-state index contributed by atoms with van der Waals surface area (Å²) in [5.74, 6) is -8.84. The van der Waals surface area contributed by atoms with E-state index < -0.39 is 18.1 Å². The molecule has 0 spiro atoms. The minimum Gasteiger partial charge on any atom is -0.477 e. The van der Waals surface area contributed by atoms with Crippen molar-refractivity contribution in [3.63, 3.8) is 0 Å². The summed E-state index contributed by atoms with van der Waals surface area (Å²) in [5.41, 5.74) is 0. The first-order chi connectivity index (χ1) is 6.61. The zero-order chi connectivity index (χ0) is 12.7. The maximum Gasteiger partial charge on any atom is 0.465 e. The van der Waals surface area contributed by atoms with Crippen molar-refractivity contribution in [2.24, 2.45) is 0 Å². The van der Waals surface area contributed by atoms with Crippen molar-refractivity contribution in [3.05, 3.63) is 0 Å². The van der Waals surface area contributed by atoms with E-state index in [9.17, 15) is 26.7 Å². The predicted octanol–water partition coefficient (Wildman–Crippen LogP) is 2.31. The van der Waals surface area contributed by atoms with Gasteiger partial charge in [0.05, 0.1) is 0 Å². The van der Waals surface area contributed by atoms with Gasteiger partial charge < -0.3 is 9.84 Å². The molecule has 0 aromatic carbocycles. The summed E-state index contributed by atoms with van der Waals surface area (Å²) >= 11 is 0. The molecule has 1 N–H and O–H groups in total. The van der Waals surface area contributed by atoms with E-state index in [-0.39, 0.29) is 0 Å². The molecule has 0 aromatic rings. The fourth-order valence-electron chi connectivity index (χ4n) is 0.325. The number of ether oxygens (including phenoxy) is 1. The molecule has 0 atom stereocenters. The maximum absolute atomic E-state index is 11.3. The third kappa shape index (κ3) is 6.21. The number of hydrogen-bond donors (Lipinski definition) is 1. The van der Waals surface area contributed by atoms with E-state index in [0.717, 1.165) is 13.2 Å². The molecule has 0 saturated heterocycles. The van der Waals surface area contributed by atoms with Gasteiger partial charge in [-0.05, 0) is 13.8 Å². The normalized spacial score (nSPS) is 11.7. The van der Waals surface area contributed by atoms with Crippen LogP contribution in [-0.2, 0) is 9.53 Å². The van der Waals surface area contributed by atoms with Crippen LogP contribution in [0.4, 0.5) is 22.0 Å². The van der Waals surface area contributed by atoms with Crippen LogP contribution >= 0.6 is 0 Å². The Balaban J connectivity index is 0. The monoisotopic (exact) mass is 238 g/mol. The van der Waals surface area contributed by atoms with Crippen LogP contribution in [0.3, 0.4) is 0 Å². The van der Waals surface area contributed by atoms with Crippen LogP contribution in [-0.4, -0.2) is 36.4 Å². The number of carbonyl (C=O) groups is 1. The molecule has 0 rings (SSSR count). The van der Waals surface area contributed by atoms with E-state index in [1.165, 1.54) is 0 Å². The highest BCUT2D eigenvalue weighted by Gasteiger charge is 2.64. The van der Waals surface area contributed by atoms with Gasteiger partial charge in [-0.15, -0.1) is 0 Å². The summed E-state index contributed by atoms with van der Waals surface area (Å²) in [6, 6.07) is 0. The number of carboxylic acid groups (broad SMARTS) is 1. The Morgan fingerprint density at radius 2 is 1.47 bits per heavy atom. The first kappa shape index (κ1) is 16.5. The van der Waals surface area contributed by atoms with Crippen molar-refractivity contribution in [3.8, 4) is 0 Å². The van der Waals surface area contributed by atoms with Gasteiger partial charge in [0.25, 0.3) is 0 Å². The Kier molecular flexibility index (Phi) is 7.20. The topological polar surface area (TPSA) is 46.5 Å². The Morgan fingerprint density at radius 1 is 1.13 bits per heavy atom. The van der Waals surface area contributed by atoms with Crippen LogP contribution in [0.2, 0.25) is 0 Å². The van der Waals surface area contributed by atoms with Crippen LogP contribution in [0, 0.1) is 0 Å². The van der Waals surface area contributed by atoms with E-state index >= 15 is 0 Å². The van der Waals surface area contributed by atoms with Crippen LogP contribution in [0.25, 0.3) is 0 Å². The molecule has 0 amide bonds. The molecule has 0 bridgehead atoms. The zero-order valence-corrected chi connectivity index (χ0v) is 8.07. The maximum atomic E-state index is 11.3. The smallest absolute Gasteiger partial charge is 0.465 e. The molecule has 0 aliphatic heterocycles. The SMILES string of the molecule is CCOCC.O=C(O)C(F)(F)C(F)(F)F. The molecule has 0 aliphatic rings. The largest absolute Gasteiger partial charge is 0.477 e. The third-order valence-electron chi connectivity index (χ3n) is 1.03. The fraction of sp³-hybridized carbons (Fsp3) is 0.857. The molecule has 8 heteroatoms. The standard InChI is InChI=1S/C4H10O.C3HF5O2/c1-3-5-4-2;4-2(5,1(9)10)3(6,7)8/h3-4H2,1-2H3;(H,9,10). The summed E-state index contributed by atoms with van der Waals surface area (Å²) in [6.45, 7) is 5.67. The van der Waals surface area contributed by atoms with Crippen molar-refractivity contribution in [2.75, 3.05) is 13.2 Å². The highest BCUT2D eigenvalue weighted by atomic mass is 19.4. The van der Waals surface area contributed by atoms with Gasteiger partial charge >= 0.3 is 18.1 Å². The van der Waals surface area contributed by atoms with Gasteiger partial charge in [-0.3, -0.25) is 0 Å². The first-order valence-corrected chi connectivity index (χ1v) is 3.86. The predicted molar refractivity (Wildman–Crippen MR) is 40.8 cm³/mol. The van der Waals surface area contributed by atoms with Crippen LogP contribution < -0.4 is 0 Å². The van der Waals surface area contributed by atoms with Crippen LogP contribution in [0.1, 0.15) is 13.8 Å². The molecule has 3 nitrogen and oxygen atoms in total. The molecule has 0 fully saturated rings. The number of hydrogen-bond acceptors (Lipinski definition) is 2. The lowest BCUT2D eigenvalue weighted by molar-refractivity contribution is -0.277. The zero-order valence-electron chi connectivity index (χ0n) is 8.07. The van der Waals surface area contributed by atoms with Gasteiger partial charge in [-0.25, -0.2) is 4.79 Å². The number of rotatable bonds is 3. The van der Waals surface area contributed by atoms with E-state index in [2.05, 4.69) is 0 Å². The number of alkyl halides is 5. The molecule has 0 aliphatic carbocycles. The van der Waals surface area contributed by atoms with Crippen molar-refractivity contribution >= 4 is 5.97 Å². The molecule has 0 saturated carbocycles.